The van der Waals surface area contributed by atoms with Gasteiger partial charge in [-0.3, -0.25) is 5.43 Å². The Labute approximate surface area is 163 Å². The van der Waals surface area contributed by atoms with Crippen LogP contribution in [0.2, 0.25) is 0 Å². The second-order valence-corrected chi connectivity index (χ2v) is 5.62. The summed E-state index contributed by atoms with van der Waals surface area (Å²) in [5.41, 5.74) is 4.07. The summed E-state index contributed by atoms with van der Waals surface area (Å²) >= 11 is 0. The highest BCUT2D eigenvalue weighted by Crippen LogP contribution is 2.22. The number of ether oxygens (including phenoxy) is 2. The molecule has 0 aliphatic carbocycles. The fourth-order valence-electron chi connectivity index (χ4n) is 2.41. The molecule has 3 aromatic rings. The van der Waals surface area contributed by atoms with Crippen molar-refractivity contribution in [1.29, 1.82) is 0 Å². The molecule has 28 heavy (non-hydrogen) atoms. The molecule has 1 aromatic heterocycles. The van der Waals surface area contributed by atoms with E-state index in [1.807, 2.05) is 62.4 Å². The molecule has 0 amide bonds. The van der Waals surface area contributed by atoms with Gasteiger partial charge >= 0.3 is 0 Å². The summed E-state index contributed by atoms with van der Waals surface area (Å²) in [4.78, 5) is 12.8. The van der Waals surface area contributed by atoms with Crippen LogP contribution in [0.1, 0.15) is 13.8 Å². The molecule has 0 bridgehead atoms. The van der Waals surface area contributed by atoms with Crippen molar-refractivity contribution >= 4 is 29.2 Å². The van der Waals surface area contributed by atoms with E-state index in [2.05, 4.69) is 31.0 Å². The zero-order valence-corrected chi connectivity index (χ0v) is 15.8. The van der Waals surface area contributed by atoms with Gasteiger partial charge in [0.25, 0.3) is 0 Å². The normalized spacial score (nSPS) is 10.2. The van der Waals surface area contributed by atoms with Crippen LogP contribution in [-0.4, -0.2) is 28.2 Å². The maximum absolute atomic E-state index is 5.49. The lowest BCUT2D eigenvalue weighted by molar-refractivity contribution is 0.340. The first-order chi connectivity index (χ1) is 13.7. The van der Waals surface area contributed by atoms with Crippen molar-refractivity contribution in [1.82, 2.24) is 15.0 Å². The lowest BCUT2D eigenvalue weighted by atomic mass is 10.3. The minimum Gasteiger partial charge on any atom is -0.494 e. The van der Waals surface area contributed by atoms with Gasteiger partial charge in [-0.1, -0.05) is 0 Å². The molecule has 0 radical (unpaired) electrons. The van der Waals surface area contributed by atoms with Crippen molar-refractivity contribution in [2.75, 3.05) is 29.3 Å². The van der Waals surface area contributed by atoms with E-state index in [0.29, 0.717) is 25.1 Å². The standard InChI is InChI=1S/C19H23N7O2/c1-3-27-15-9-5-13(6-10-15)21-17-23-18(25-19(24-17)26-20)22-14-7-11-16(12-8-14)28-4-2/h5-12H,3-4,20H2,1-2H3,(H3,21,22,23,24,25,26). The second kappa shape index (κ2) is 9.38. The summed E-state index contributed by atoms with van der Waals surface area (Å²) in [5, 5.41) is 6.25. The minimum atomic E-state index is 0.233. The van der Waals surface area contributed by atoms with Crippen LogP contribution in [0.25, 0.3) is 0 Å². The molecule has 1 heterocycles. The third kappa shape index (κ3) is 5.21. The average molecular weight is 381 g/mol. The van der Waals surface area contributed by atoms with Crippen molar-refractivity contribution in [3.05, 3.63) is 48.5 Å². The highest BCUT2D eigenvalue weighted by atomic mass is 16.5. The molecule has 9 nitrogen and oxygen atoms in total. The number of nitrogens with two attached hydrogens (primary N) is 1. The topological polar surface area (TPSA) is 119 Å². The number of benzene rings is 2. The molecule has 0 fully saturated rings. The number of hydrazine groups is 1. The number of nitrogens with one attached hydrogen (secondary N) is 3. The Kier molecular flexibility index (Phi) is 6.42. The Balaban J connectivity index is 1.75. The van der Waals surface area contributed by atoms with Gasteiger partial charge in [-0.15, -0.1) is 0 Å². The lowest BCUT2D eigenvalue weighted by Gasteiger charge is -2.11. The summed E-state index contributed by atoms with van der Waals surface area (Å²) in [6.07, 6.45) is 0. The van der Waals surface area contributed by atoms with Crippen LogP contribution < -0.4 is 31.4 Å². The van der Waals surface area contributed by atoms with E-state index >= 15 is 0 Å². The molecule has 2 aromatic carbocycles. The molecular weight excluding hydrogens is 358 g/mol. The molecule has 0 spiro atoms. The van der Waals surface area contributed by atoms with Crippen LogP contribution in [0.5, 0.6) is 11.5 Å². The van der Waals surface area contributed by atoms with Crippen molar-refractivity contribution in [3.63, 3.8) is 0 Å². The van der Waals surface area contributed by atoms with E-state index in [1.165, 1.54) is 0 Å². The Bertz CT molecular complexity index is 816. The Hall–Kier alpha value is -3.59. The van der Waals surface area contributed by atoms with Crippen molar-refractivity contribution in [2.24, 2.45) is 5.84 Å². The van der Waals surface area contributed by atoms with Crippen molar-refractivity contribution in [2.45, 2.75) is 13.8 Å². The third-order valence-corrected chi connectivity index (χ3v) is 3.61. The van der Waals surface area contributed by atoms with Gasteiger partial charge in [-0.05, 0) is 62.4 Å². The predicted octanol–water partition coefficient (Wildman–Crippen LogP) is 3.44. The average Bonchev–Trinajstić information content (AvgIpc) is 2.71. The van der Waals surface area contributed by atoms with E-state index in [4.69, 9.17) is 15.3 Å². The highest BCUT2D eigenvalue weighted by Gasteiger charge is 2.07. The SMILES string of the molecule is CCOc1ccc(Nc2nc(NN)nc(Nc3ccc(OCC)cc3)n2)cc1. The maximum Gasteiger partial charge on any atom is 0.243 e. The molecule has 5 N–H and O–H groups in total. The molecule has 0 atom stereocenters. The third-order valence-electron chi connectivity index (χ3n) is 3.61. The number of anilines is 5. The monoisotopic (exact) mass is 381 g/mol. The van der Waals surface area contributed by atoms with E-state index in [-0.39, 0.29) is 5.95 Å². The van der Waals surface area contributed by atoms with Crippen molar-refractivity contribution < 1.29 is 9.47 Å². The van der Waals surface area contributed by atoms with Gasteiger partial charge in [-0.25, -0.2) is 5.84 Å². The van der Waals surface area contributed by atoms with Gasteiger partial charge < -0.3 is 20.1 Å². The molecule has 0 aliphatic heterocycles. The highest BCUT2D eigenvalue weighted by molar-refractivity contribution is 5.60. The summed E-state index contributed by atoms with van der Waals surface area (Å²) < 4.78 is 10.9. The number of rotatable bonds is 9. The van der Waals surface area contributed by atoms with Crippen LogP contribution in [0, 0.1) is 0 Å². The fourth-order valence-corrected chi connectivity index (χ4v) is 2.41. The zero-order valence-electron chi connectivity index (χ0n) is 15.8. The van der Waals surface area contributed by atoms with Gasteiger partial charge in [0, 0.05) is 11.4 Å². The zero-order chi connectivity index (χ0) is 19.8. The number of hydrogen-bond acceptors (Lipinski definition) is 9. The molecule has 0 saturated heterocycles. The van der Waals surface area contributed by atoms with Crippen LogP contribution in [-0.2, 0) is 0 Å². The van der Waals surface area contributed by atoms with Crippen LogP contribution in [0.15, 0.2) is 48.5 Å². The molecule has 146 valence electrons. The van der Waals surface area contributed by atoms with Crippen LogP contribution in [0.4, 0.5) is 29.2 Å². The first-order valence-corrected chi connectivity index (χ1v) is 8.92. The van der Waals surface area contributed by atoms with Gasteiger partial charge in [-0.2, -0.15) is 15.0 Å². The summed E-state index contributed by atoms with van der Waals surface area (Å²) in [5.74, 6) is 8.01. The Morgan fingerprint density at radius 2 is 1.07 bits per heavy atom. The lowest BCUT2D eigenvalue weighted by Crippen LogP contribution is -2.13. The maximum atomic E-state index is 5.49. The second-order valence-electron chi connectivity index (χ2n) is 5.62. The van der Waals surface area contributed by atoms with Gasteiger partial charge in [0.05, 0.1) is 13.2 Å². The smallest absolute Gasteiger partial charge is 0.243 e. The van der Waals surface area contributed by atoms with E-state index in [0.717, 1.165) is 22.9 Å². The molecule has 0 aliphatic rings. The minimum absolute atomic E-state index is 0.233. The van der Waals surface area contributed by atoms with E-state index in [9.17, 15) is 0 Å². The first kappa shape index (κ1) is 19.2. The largest absolute Gasteiger partial charge is 0.494 e. The van der Waals surface area contributed by atoms with Crippen LogP contribution >= 0.6 is 0 Å². The number of nitrogen functional groups attached to an aromatic ring is 1. The molecular formula is C19H23N7O2. The molecule has 9 heteroatoms. The summed E-state index contributed by atoms with van der Waals surface area (Å²) in [6, 6.07) is 15.0. The first-order valence-electron chi connectivity index (χ1n) is 8.92. The van der Waals surface area contributed by atoms with E-state index < -0.39 is 0 Å². The van der Waals surface area contributed by atoms with E-state index in [1.54, 1.807) is 0 Å². The van der Waals surface area contributed by atoms with Gasteiger partial charge in [0.1, 0.15) is 11.5 Å². The molecule has 3 rings (SSSR count). The molecule has 0 unspecified atom stereocenters. The number of hydrogen-bond donors (Lipinski definition) is 4. The number of aromatic nitrogens is 3. The molecule has 0 saturated carbocycles. The number of nitrogens with zero attached hydrogens (tertiary/aromatic N) is 3. The quantitative estimate of drug-likeness (QED) is 0.326. The Morgan fingerprint density at radius 3 is 1.43 bits per heavy atom. The van der Waals surface area contributed by atoms with Gasteiger partial charge in [0.2, 0.25) is 17.8 Å². The summed E-state index contributed by atoms with van der Waals surface area (Å²) in [7, 11) is 0. The summed E-state index contributed by atoms with van der Waals surface area (Å²) in [6.45, 7) is 5.12. The fraction of sp³-hybridized carbons (Fsp3) is 0.211. The van der Waals surface area contributed by atoms with Gasteiger partial charge in [0.15, 0.2) is 0 Å². The Morgan fingerprint density at radius 1 is 0.679 bits per heavy atom. The van der Waals surface area contributed by atoms with Crippen molar-refractivity contribution in [3.8, 4) is 11.5 Å². The van der Waals surface area contributed by atoms with Crippen LogP contribution in [0.3, 0.4) is 0 Å². The predicted molar refractivity (Wildman–Crippen MR) is 109 cm³/mol.